The number of hydrogen-bond acceptors (Lipinski definition) is 3. The van der Waals surface area contributed by atoms with Crippen molar-refractivity contribution in [1.82, 2.24) is 4.74 Å². The van der Waals surface area contributed by atoms with E-state index in [1.807, 2.05) is 0 Å². The minimum absolute atomic E-state index is 0.113. The van der Waals surface area contributed by atoms with Crippen LogP contribution in [-0.2, 0) is 7.05 Å². The first kappa shape index (κ1) is 11.1. The first-order chi connectivity index (χ1) is 8.00. The third-order valence-electron chi connectivity index (χ3n) is 2.31. The van der Waals surface area contributed by atoms with E-state index in [4.69, 9.17) is 5.11 Å². The van der Waals surface area contributed by atoms with E-state index in [2.05, 4.69) is 4.52 Å². The van der Waals surface area contributed by atoms with Crippen molar-refractivity contribution in [3.63, 3.8) is 0 Å². The molecule has 6 heteroatoms. The fourth-order valence-electron chi connectivity index (χ4n) is 1.59. The molecule has 17 heavy (non-hydrogen) atoms. The van der Waals surface area contributed by atoms with Gasteiger partial charge in [0, 0.05) is 12.6 Å². The van der Waals surface area contributed by atoms with Gasteiger partial charge in [-0.25, -0.2) is 18.7 Å². The molecule has 1 heterocycles. The Kier molecular flexibility index (Phi) is 2.55. The summed E-state index contributed by atoms with van der Waals surface area (Å²) in [7, 11) is 1.41. The molecular formula is C11H8FNO4. The van der Waals surface area contributed by atoms with Crippen molar-refractivity contribution in [2.45, 2.75) is 0 Å². The van der Waals surface area contributed by atoms with E-state index in [9.17, 15) is 14.0 Å². The zero-order valence-corrected chi connectivity index (χ0v) is 8.81. The van der Waals surface area contributed by atoms with Crippen LogP contribution in [0.5, 0.6) is 0 Å². The molecule has 88 valence electrons. The van der Waals surface area contributed by atoms with Crippen LogP contribution >= 0.6 is 0 Å². The van der Waals surface area contributed by atoms with Gasteiger partial charge in [0.1, 0.15) is 11.5 Å². The number of rotatable bonds is 2. The van der Waals surface area contributed by atoms with Gasteiger partial charge < -0.3 is 9.63 Å². The molecule has 0 fully saturated rings. The number of aromatic carboxylic acids is 1. The summed E-state index contributed by atoms with van der Waals surface area (Å²) in [5.74, 6) is -1.82. The van der Waals surface area contributed by atoms with Crippen molar-refractivity contribution >= 4 is 5.97 Å². The summed E-state index contributed by atoms with van der Waals surface area (Å²) in [6.07, 6.45) is 0. The highest BCUT2D eigenvalue weighted by molar-refractivity contribution is 5.94. The number of hydrogen-bond donors (Lipinski definition) is 1. The lowest BCUT2D eigenvalue weighted by atomic mass is 10.1. The SMILES string of the molecule is Cn1oc(=O)c(C(=O)O)c1-c1ccc(F)cc1. The largest absolute Gasteiger partial charge is 0.477 e. The van der Waals surface area contributed by atoms with Crippen LogP contribution in [0.4, 0.5) is 4.39 Å². The monoisotopic (exact) mass is 237 g/mol. The summed E-state index contributed by atoms with van der Waals surface area (Å²) in [6, 6.07) is 5.12. The minimum atomic E-state index is -1.38. The van der Waals surface area contributed by atoms with Crippen molar-refractivity contribution in [2.24, 2.45) is 7.05 Å². The Morgan fingerprint density at radius 1 is 1.35 bits per heavy atom. The number of carboxylic acids is 1. The van der Waals surface area contributed by atoms with Crippen LogP contribution < -0.4 is 5.63 Å². The fraction of sp³-hybridized carbons (Fsp3) is 0.0909. The molecule has 0 saturated carbocycles. The lowest BCUT2D eigenvalue weighted by Gasteiger charge is -2.02. The van der Waals surface area contributed by atoms with E-state index in [-0.39, 0.29) is 5.69 Å². The predicted molar refractivity (Wildman–Crippen MR) is 56.3 cm³/mol. The molecule has 0 bridgehead atoms. The number of aryl methyl sites for hydroxylation is 1. The minimum Gasteiger partial charge on any atom is -0.477 e. The Bertz CT molecular complexity index is 624. The fourth-order valence-corrected chi connectivity index (χ4v) is 1.59. The van der Waals surface area contributed by atoms with E-state index < -0.39 is 23.0 Å². The topological polar surface area (TPSA) is 72.4 Å². The van der Waals surface area contributed by atoms with Gasteiger partial charge in [0.25, 0.3) is 0 Å². The first-order valence-electron chi connectivity index (χ1n) is 4.70. The molecular weight excluding hydrogens is 229 g/mol. The summed E-state index contributed by atoms with van der Waals surface area (Å²) in [4.78, 5) is 22.2. The lowest BCUT2D eigenvalue weighted by Crippen LogP contribution is -2.09. The average Bonchev–Trinajstić information content (AvgIpc) is 2.55. The van der Waals surface area contributed by atoms with Crippen LogP contribution in [0.3, 0.4) is 0 Å². The number of carboxylic acid groups (broad SMARTS) is 1. The van der Waals surface area contributed by atoms with Crippen molar-refractivity contribution in [1.29, 1.82) is 0 Å². The third kappa shape index (κ3) is 1.84. The summed E-state index contributed by atoms with van der Waals surface area (Å²) < 4.78 is 18.5. The number of carbonyl (C=O) groups is 1. The predicted octanol–water partition coefficient (Wildman–Crippen LogP) is 1.48. The number of aromatic nitrogens is 1. The van der Waals surface area contributed by atoms with Crippen LogP contribution in [0, 0.1) is 5.82 Å². The van der Waals surface area contributed by atoms with Gasteiger partial charge in [0.15, 0.2) is 5.56 Å². The lowest BCUT2D eigenvalue weighted by molar-refractivity contribution is 0.0695. The van der Waals surface area contributed by atoms with E-state index in [0.29, 0.717) is 5.56 Å². The number of nitrogens with zero attached hydrogens (tertiary/aromatic N) is 1. The van der Waals surface area contributed by atoms with Gasteiger partial charge in [-0.2, -0.15) is 0 Å². The maximum Gasteiger partial charge on any atom is 0.372 e. The Morgan fingerprint density at radius 2 is 1.94 bits per heavy atom. The van der Waals surface area contributed by atoms with Crippen molar-refractivity contribution in [2.75, 3.05) is 0 Å². The standard InChI is InChI=1S/C11H8FNO4/c1-13-9(6-2-4-7(12)5-3-6)8(10(14)15)11(16)17-13/h2-5H,1H3,(H,14,15). The highest BCUT2D eigenvalue weighted by atomic mass is 19.1. The third-order valence-corrected chi connectivity index (χ3v) is 2.31. The zero-order valence-electron chi connectivity index (χ0n) is 8.81. The molecule has 0 aliphatic carbocycles. The maximum absolute atomic E-state index is 12.8. The molecule has 0 aliphatic heterocycles. The van der Waals surface area contributed by atoms with Crippen LogP contribution in [0.25, 0.3) is 11.3 Å². The Labute approximate surface area is 94.7 Å². The smallest absolute Gasteiger partial charge is 0.372 e. The highest BCUT2D eigenvalue weighted by Crippen LogP contribution is 2.22. The number of halogens is 1. The molecule has 5 nitrogen and oxygen atoms in total. The second kappa shape index (κ2) is 3.89. The van der Waals surface area contributed by atoms with Gasteiger partial charge in [-0.05, 0) is 24.3 Å². The van der Waals surface area contributed by atoms with E-state index in [1.165, 1.54) is 31.3 Å². The van der Waals surface area contributed by atoms with Gasteiger partial charge in [-0.3, -0.25) is 0 Å². The molecule has 2 rings (SSSR count). The van der Waals surface area contributed by atoms with E-state index >= 15 is 0 Å². The normalized spacial score (nSPS) is 10.5. The van der Waals surface area contributed by atoms with Crippen LogP contribution in [0.2, 0.25) is 0 Å². The Balaban J connectivity index is 2.70. The Morgan fingerprint density at radius 3 is 2.47 bits per heavy atom. The van der Waals surface area contributed by atoms with Gasteiger partial charge in [0.2, 0.25) is 0 Å². The van der Waals surface area contributed by atoms with Crippen molar-refractivity contribution in [3.05, 3.63) is 46.1 Å². The van der Waals surface area contributed by atoms with Gasteiger partial charge >= 0.3 is 11.6 Å². The molecule has 0 saturated heterocycles. The molecule has 0 amide bonds. The Hall–Kier alpha value is -2.37. The van der Waals surface area contributed by atoms with E-state index in [0.717, 1.165) is 4.74 Å². The highest BCUT2D eigenvalue weighted by Gasteiger charge is 2.22. The quantitative estimate of drug-likeness (QED) is 0.858. The molecule has 1 aromatic heterocycles. The second-order valence-electron chi connectivity index (χ2n) is 3.41. The summed E-state index contributed by atoms with van der Waals surface area (Å²) in [5.41, 5.74) is -0.877. The molecule has 1 N–H and O–H groups in total. The summed E-state index contributed by atoms with van der Waals surface area (Å²) in [5, 5.41) is 8.93. The molecule has 0 spiro atoms. The molecule has 0 unspecified atom stereocenters. The molecule has 1 aromatic carbocycles. The van der Waals surface area contributed by atoms with Crippen LogP contribution in [-0.4, -0.2) is 15.8 Å². The van der Waals surface area contributed by atoms with Gasteiger partial charge in [0.05, 0.1) is 0 Å². The average molecular weight is 237 g/mol. The summed E-state index contributed by atoms with van der Waals surface area (Å²) >= 11 is 0. The maximum atomic E-state index is 12.8. The van der Waals surface area contributed by atoms with Gasteiger partial charge in [-0.15, -0.1) is 0 Å². The van der Waals surface area contributed by atoms with Crippen molar-refractivity contribution < 1.29 is 18.8 Å². The second-order valence-corrected chi connectivity index (χ2v) is 3.41. The van der Waals surface area contributed by atoms with Crippen molar-refractivity contribution in [3.8, 4) is 11.3 Å². The zero-order chi connectivity index (χ0) is 12.6. The van der Waals surface area contributed by atoms with Crippen LogP contribution in [0.15, 0.2) is 33.6 Å². The van der Waals surface area contributed by atoms with Gasteiger partial charge in [-0.1, -0.05) is 0 Å². The van der Waals surface area contributed by atoms with E-state index in [1.54, 1.807) is 0 Å². The first-order valence-corrected chi connectivity index (χ1v) is 4.70. The summed E-state index contributed by atoms with van der Waals surface area (Å²) in [6.45, 7) is 0. The molecule has 2 aromatic rings. The number of benzene rings is 1. The molecule has 0 atom stereocenters. The van der Waals surface area contributed by atoms with Crippen LogP contribution in [0.1, 0.15) is 10.4 Å². The molecule has 0 aliphatic rings. The molecule has 0 radical (unpaired) electrons.